The van der Waals surface area contributed by atoms with E-state index in [2.05, 4.69) is 9.40 Å². The van der Waals surface area contributed by atoms with Gasteiger partial charge in [0.25, 0.3) is 0 Å². The molecule has 0 radical (unpaired) electrons. The Morgan fingerprint density at radius 2 is 2.43 bits per heavy atom. The van der Waals surface area contributed by atoms with Gasteiger partial charge in [-0.25, -0.2) is 4.98 Å². The minimum absolute atomic E-state index is 0.181. The van der Waals surface area contributed by atoms with E-state index in [4.69, 9.17) is 16.7 Å². The molecule has 0 bridgehead atoms. The zero-order chi connectivity index (χ0) is 11.0. The summed E-state index contributed by atoms with van der Waals surface area (Å²) in [6.45, 7) is 3.56. The third-order valence-corrected chi connectivity index (χ3v) is 1.93. The number of nitrogens with zero attached hydrogens (tertiary/aromatic N) is 1. The molecule has 4 nitrogen and oxygen atoms in total. The van der Waals surface area contributed by atoms with Crippen LogP contribution >= 0.6 is 11.6 Å². The van der Waals surface area contributed by atoms with Gasteiger partial charge in [0, 0.05) is 0 Å². The number of oxazole rings is 1. The van der Waals surface area contributed by atoms with E-state index in [1.807, 2.05) is 6.92 Å². The van der Waals surface area contributed by atoms with E-state index in [0.717, 1.165) is 12.1 Å². The van der Waals surface area contributed by atoms with E-state index < -0.39 is 5.97 Å². The van der Waals surface area contributed by atoms with Crippen LogP contribution in [0.3, 0.4) is 0 Å². The predicted octanol–water partition coefficient (Wildman–Crippen LogP) is 2.53. The first kappa shape index (κ1) is 13.0. The molecule has 0 aliphatic heterocycles. The van der Waals surface area contributed by atoms with Gasteiger partial charge in [0.1, 0.15) is 6.26 Å². The standard InChI is InChI=1S/C5H10O2.C4H4ClNO/c1-3-4(2)5(6)7;5-1-4-2-7-3-6-4/h4H,3H2,1-2H3,(H,6,7);2-3H,1H2. The van der Waals surface area contributed by atoms with Gasteiger partial charge in [0.2, 0.25) is 0 Å². The van der Waals surface area contributed by atoms with Gasteiger partial charge in [0.15, 0.2) is 6.39 Å². The van der Waals surface area contributed by atoms with Crippen molar-refractivity contribution < 1.29 is 14.3 Å². The van der Waals surface area contributed by atoms with Gasteiger partial charge in [-0.3, -0.25) is 4.79 Å². The van der Waals surface area contributed by atoms with Gasteiger partial charge >= 0.3 is 5.97 Å². The molecule has 1 atom stereocenters. The second-order valence-corrected chi connectivity index (χ2v) is 3.03. The Morgan fingerprint density at radius 1 is 1.79 bits per heavy atom. The highest BCUT2D eigenvalue weighted by molar-refractivity contribution is 6.16. The average Bonchev–Trinajstić information content (AvgIpc) is 2.69. The molecule has 0 aromatic carbocycles. The second kappa shape index (κ2) is 7.38. The number of carboxylic acid groups (broad SMARTS) is 1. The fourth-order valence-electron chi connectivity index (χ4n) is 0.478. The van der Waals surface area contributed by atoms with Crippen molar-refractivity contribution in [3.8, 4) is 0 Å². The van der Waals surface area contributed by atoms with Crippen LogP contribution in [0.1, 0.15) is 26.0 Å². The van der Waals surface area contributed by atoms with Crippen LogP contribution in [0.15, 0.2) is 17.1 Å². The molecule has 0 fully saturated rings. The minimum atomic E-state index is -0.706. The summed E-state index contributed by atoms with van der Waals surface area (Å²) < 4.78 is 4.61. The molecule has 0 spiro atoms. The Kier molecular flexibility index (Phi) is 6.84. The second-order valence-electron chi connectivity index (χ2n) is 2.76. The normalized spacial score (nSPS) is 11.4. The van der Waals surface area contributed by atoms with Crippen molar-refractivity contribution in [2.24, 2.45) is 5.92 Å². The molecule has 0 aliphatic carbocycles. The van der Waals surface area contributed by atoms with Crippen molar-refractivity contribution in [1.82, 2.24) is 4.98 Å². The van der Waals surface area contributed by atoms with Crippen molar-refractivity contribution in [1.29, 1.82) is 0 Å². The number of rotatable bonds is 3. The Balaban J connectivity index is 0.000000241. The summed E-state index contributed by atoms with van der Waals surface area (Å²) in [4.78, 5) is 13.7. The van der Waals surface area contributed by atoms with Crippen molar-refractivity contribution in [3.63, 3.8) is 0 Å². The number of hydrogen-bond donors (Lipinski definition) is 1. The maximum absolute atomic E-state index is 9.93. The Labute approximate surface area is 87.9 Å². The van der Waals surface area contributed by atoms with Crippen LogP contribution < -0.4 is 0 Å². The van der Waals surface area contributed by atoms with Crippen LogP contribution in [0.4, 0.5) is 0 Å². The molecule has 1 aromatic rings. The molecular formula is C9H14ClNO3. The fourth-order valence-corrected chi connectivity index (χ4v) is 0.610. The third kappa shape index (κ3) is 5.59. The number of carboxylic acids is 1. The van der Waals surface area contributed by atoms with Crippen LogP contribution in [0, 0.1) is 5.92 Å². The van der Waals surface area contributed by atoms with E-state index in [-0.39, 0.29) is 5.92 Å². The first-order chi connectivity index (χ1) is 6.61. The quantitative estimate of drug-likeness (QED) is 0.794. The first-order valence-corrected chi connectivity index (χ1v) is 4.81. The molecule has 0 amide bonds. The lowest BCUT2D eigenvalue weighted by Crippen LogP contribution is -2.06. The molecule has 1 heterocycles. The minimum Gasteiger partial charge on any atom is -0.481 e. The lowest BCUT2D eigenvalue weighted by atomic mass is 10.1. The summed E-state index contributed by atoms with van der Waals surface area (Å²) >= 11 is 5.35. The third-order valence-electron chi connectivity index (χ3n) is 1.65. The molecule has 0 saturated heterocycles. The highest BCUT2D eigenvalue weighted by atomic mass is 35.5. The summed E-state index contributed by atoms with van der Waals surface area (Å²) in [5, 5.41) is 8.18. The van der Waals surface area contributed by atoms with E-state index >= 15 is 0 Å². The van der Waals surface area contributed by atoms with Gasteiger partial charge in [-0.15, -0.1) is 11.6 Å². The number of aromatic nitrogens is 1. The number of aliphatic carboxylic acids is 1. The molecule has 14 heavy (non-hydrogen) atoms. The average molecular weight is 220 g/mol. The smallest absolute Gasteiger partial charge is 0.306 e. The van der Waals surface area contributed by atoms with Crippen molar-refractivity contribution in [2.75, 3.05) is 0 Å². The van der Waals surface area contributed by atoms with E-state index in [9.17, 15) is 4.79 Å². The Hall–Kier alpha value is -1.03. The lowest BCUT2D eigenvalue weighted by molar-refractivity contribution is -0.141. The van der Waals surface area contributed by atoms with Crippen LogP contribution in [-0.2, 0) is 10.7 Å². The van der Waals surface area contributed by atoms with Crippen molar-refractivity contribution >= 4 is 17.6 Å². The topological polar surface area (TPSA) is 63.3 Å². The molecule has 0 aliphatic rings. The van der Waals surface area contributed by atoms with Crippen molar-refractivity contribution in [3.05, 3.63) is 18.4 Å². The summed E-state index contributed by atoms with van der Waals surface area (Å²) in [5.41, 5.74) is 0.779. The summed E-state index contributed by atoms with van der Waals surface area (Å²) in [5.74, 6) is -0.459. The summed E-state index contributed by atoms with van der Waals surface area (Å²) in [7, 11) is 0. The number of alkyl halides is 1. The van der Waals surface area contributed by atoms with Crippen LogP contribution in [-0.4, -0.2) is 16.1 Å². The Morgan fingerprint density at radius 3 is 2.57 bits per heavy atom. The molecule has 5 heteroatoms. The van der Waals surface area contributed by atoms with Crippen molar-refractivity contribution in [2.45, 2.75) is 26.1 Å². The lowest BCUT2D eigenvalue weighted by Gasteiger charge is -1.96. The van der Waals surface area contributed by atoms with Gasteiger partial charge in [0.05, 0.1) is 17.5 Å². The molecule has 1 unspecified atom stereocenters. The number of halogens is 1. The largest absolute Gasteiger partial charge is 0.481 e. The number of hydrogen-bond acceptors (Lipinski definition) is 3. The highest BCUT2D eigenvalue weighted by Crippen LogP contribution is 1.97. The maximum Gasteiger partial charge on any atom is 0.306 e. The van der Waals surface area contributed by atoms with Gasteiger partial charge in [-0.1, -0.05) is 13.8 Å². The van der Waals surface area contributed by atoms with Crippen LogP contribution in [0.25, 0.3) is 0 Å². The molecule has 0 saturated carbocycles. The molecule has 80 valence electrons. The monoisotopic (exact) mass is 219 g/mol. The zero-order valence-electron chi connectivity index (χ0n) is 8.24. The van der Waals surface area contributed by atoms with Crippen LogP contribution in [0.5, 0.6) is 0 Å². The molecule has 1 N–H and O–H groups in total. The first-order valence-electron chi connectivity index (χ1n) is 4.27. The van der Waals surface area contributed by atoms with Gasteiger partial charge < -0.3 is 9.52 Å². The summed E-state index contributed by atoms with van der Waals surface area (Å²) in [6.07, 6.45) is 3.60. The van der Waals surface area contributed by atoms with E-state index in [1.165, 1.54) is 12.7 Å². The van der Waals surface area contributed by atoms with Crippen LogP contribution in [0.2, 0.25) is 0 Å². The van der Waals surface area contributed by atoms with E-state index in [0.29, 0.717) is 5.88 Å². The molecular weight excluding hydrogens is 206 g/mol. The molecule has 1 aromatic heterocycles. The predicted molar refractivity (Wildman–Crippen MR) is 53.2 cm³/mol. The summed E-state index contributed by atoms with van der Waals surface area (Å²) in [6, 6.07) is 0. The molecule has 1 rings (SSSR count). The number of carbonyl (C=O) groups is 1. The fraction of sp³-hybridized carbons (Fsp3) is 0.556. The van der Waals surface area contributed by atoms with Gasteiger partial charge in [-0.2, -0.15) is 0 Å². The zero-order valence-corrected chi connectivity index (χ0v) is 8.99. The van der Waals surface area contributed by atoms with E-state index in [1.54, 1.807) is 6.92 Å². The van der Waals surface area contributed by atoms with Gasteiger partial charge in [-0.05, 0) is 6.42 Å². The Bertz CT molecular complexity index is 249. The maximum atomic E-state index is 9.93. The highest BCUT2D eigenvalue weighted by Gasteiger charge is 2.05. The SMILES string of the molecule is CCC(C)C(=O)O.ClCc1cocn1.